The lowest BCUT2D eigenvalue weighted by Crippen LogP contribution is -2.43. The van der Waals surface area contributed by atoms with Crippen molar-refractivity contribution in [2.24, 2.45) is 5.92 Å². The molecule has 1 saturated carbocycles. The van der Waals surface area contributed by atoms with Crippen molar-refractivity contribution in [2.75, 3.05) is 12.4 Å². The second-order valence-electron chi connectivity index (χ2n) is 9.53. The fraction of sp³-hybridized carbons (Fsp3) is 0.407. The van der Waals surface area contributed by atoms with Crippen molar-refractivity contribution in [3.63, 3.8) is 0 Å². The van der Waals surface area contributed by atoms with Crippen molar-refractivity contribution < 1.29 is 14.3 Å². The number of nitrogens with one attached hydrogen (secondary N) is 2. The molecule has 0 unspecified atom stereocenters. The van der Waals surface area contributed by atoms with Crippen LogP contribution < -0.4 is 15.4 Å². The zero-order valence-electron chi connectivity index (χ0n) is 19.2. The highest BCUT2D eigenvalue weighted by Gasteiger charge is 2.28. The lowest BCUT2D eigenvalue weighted by molar-refractivity contribution is -0.120. The number of ether oxygens (including phenoxy) is 1. The molecule has 0 spiro atoms. The number of rotatable bonds is 5. The Kier molecular flexibility index (Phi) is 6.35. The van der Waals surface area contributed by atoms with Gasteiger partial charge in [-0.1, -0.05) is 25.3 Å². The first-order valence-corrected chi connectivity index (χ1v) is 11.5. The van der Waals surface area contributed by atoms with Crippen LogP contribution in [0.5, 0.6) is 5.75 Å². The number of ketones is 1. The molecule has 0 saturated heterocycles. The van der Waals surface area contributed by atoms with Crippen LogP contribution in [0.4, 0.5) is 5.69 Å². The SMILES string of the molecule is COc1ccc2c(c1)/C(=C/C(=O)c1ccc(NC(=O)C3CCCCC3)cc1)NC(C)(C)C2. The van der Waals surface area contributed by atoms with E-state index in [2.05, 4.69) is 30.5 Å². The summed E-state index contributed by atoms with van der Waals surface area (Å²) in [4.78, 5) is 25.5. The van der Waals surface area contributed by atoms with Crippen LogP contribution in [-0.2, 0) is 11.2 Å². The maximum Gasteiger partial charge on any atom is 0.227 e. The number of methoxy groups -OCH3 is 1. The second kappa shape index (κ2) is 9.19. The molecule has 1 amide bonds. The minimum absolute atomic E-state index is 0.0795. The molecule has 1 fully saturated rings. The smallest absolute Gasteiger partial charge is 0.227 e. The number of allylic oxidation sites excluding steroid dienone is 1. The molecule has 0 bridgehead atoms. The van der Waals surface area contributed by atoms with E-state index >= 15 is 0 Å². The molecule has 32 heavy (non-hydrogen) atoms. The molecular weight excluding hydrogens is 400 g/mol. The monoisotopic (exact) mass is 432 g/mol. The van der Waals surface area contributed by atoms with Crippen molar-refractivity contribution in [1.82, 2.24) is 5.32 Å². The summed E-state index contributed by atoms with van der Waals surface area (Å²) in [6.07, 6.45) is 7.93. The number of anilines is 1. The highest BCUT2D eigenvalue weighted by molar-refractivity contribution is 6.09. The third-order valence-corrected chi connectivity index (χ3v) is 6.40. The first-order valence-electron chi connectivity index (χ1n) is 11.5. The van der Waals surface area contributed by atoms with Crippen LogP contribution in [0, 0.1) is 5.92 Å². The zero-order chi connectivity index (χ0) is 22.7. The average Bonchev–Trinajstić information content (AvgIpc) is 2.79. The molecule has 0 atom stereocenters. The first kappa shape index (κ1) is 22.1. The van der Waals surface area contributed by atoms with E-state index in [1.54, 1.807) is 25.3 Å². The van der Waals surface area contributed by atoms with Crippen LogP contribution in [-0.4, -0.2) is 24.3 Å². The van der Waals surface area contributed by atoms with Crippen molar-refractivity contribution in [1.29, 1.82) is 0 Å². The van der Waals surface area contributed by atoms with E-state index in [0.29, 0.717) is 5.56 Å². The minimum Gasteiger partial charge on any atom is -0.497 e. The van der Waals surface area contributed by atoms with Gasteiger partial charge < -0.3 is 15.4 Å². The van der Waals surface area contributed by atoms with Gasteiger partial charge >= 0.3 is 0 Å². The molecule has 2 N–H and O–H groups in total. The summed E-state index contributed by atoms with van der Waals surface area (Å²) in [6.45, 7) is 4.25. The Balaban J connectivity index is 1.51. The van der Waals surface area contributed by atoms with Gasteiger partial charge in [-0.15, -0.1) is 0 Å². The summed E-state index contributed by atoms with van der Waals surface area (Å²) in [5.74, 6) is 0.878. The standard InChI is InChI=1S/C27H32N2O3/c1-27(2)17-20-11-14-22(32-3)15-23(20)24(29-27)16-25(30)18-9-12-21(13-10-18)28-26(31)19-7-5-4-6-8-19/h9-16,19,29H,4-8,17H2,1-3H3,(H,28,31)/b24-16-. The highest BCUT2D eigenvalue weighted by atomic mass is 16.5. The van der Waals surface area contributed by atoms with Gasteiger partial charge in [0.1, 0.15) is 5.75 Å². The molecule has 0 aromatic heterocycles. The van der Waals surface area contributed by atoms with Crippen LogP contribution in [0.2, 0.25) is 0 Å². The second-order valence-corrected chi connectivity index (χ2v) is 9.53. The van der Waals surface area contributed by atoms with E-state index in [0.717, 1.165) is 54.8 Å². The number of carbonyl (C=O) groups excluding carboxylic acids is 2. The predicted molar refractivity (Wildman–Crippen MR) is 128 cm³/mol. The lowest BCUT2D eigenvalue weighted by Gasteiger charge is -2.35. The summed E-state index contributed by atoms with van der Waals surface area (Å²) in [6, 6.07) is 13.2. The summed E-state index contributed by atoms with van der Waals surface area (Å²) in [5.41, 5.74) is 4.15. The van der Waals surface area contributed by atoms with Crippen molar-refractivity contribution in [2.45, 2.75) is 57.9 Å². The average molecular weight is 433 g/mol. The first-order chi connectivity index (χ1) is 15.3. The summed E-state index contributed by atoms with van der Waals surface area (Å²) in [7, 11) is 1.64. The van der Waals surface area contributed by atoms with Crippen molar-refractivity contribution >= 4 is 23.1 Å². The summed E-state index contributed by atoms with van der Waals surface area (Å²) in [5, 5.41) is 6.51. The Hall–Kier alpha value is -3.08. The maximum atomic E-state index is 13.0. The third-order valence-electron chi connectivity index (χ3n) is 6.40. The van der Waals surface area contributed by atoms with Gasteiger partial charge in [0.05, 0.1) is 7.11 Å². The Morgan fingerprint density at radius 1 is 1.06 bits per heavy atom. The Morgan fingerprint density at radius 2 is 1.78 bits per heavy atom. The predicted octanol–water partition coefficient (Wildman–Crippen LogP) is 5.36. The molecular formula is C27H32N2O3. The fourth-order valence-electron chi connectivity index (χ4n) is 4.69. The van der Waals surface area contributed by atoms with E-state index < -0.39 is 0 Å². The van der Waals surface area contributed by atoms with Gasteiger partial charge in [0, 0.05) is 40.0 Å². The molecule has 2 aromatic carbocycles. The summed E-state index contributed by atoms with van der Waals surface area (Å²) >= 11 is 0. The summed E-state index contributed by atoms with van der Waals surface area (Å²) < 4.78 is 5.38. The van der Waals surface area contributed by atoms with Crippen LogP contribution in [0.3, 0.4) is 0 Å². The maximum absolute atomic E-state index is 13.0. The Morgan fingerprint density at radius 3 is 2.47 bits per heavy atom. The largest absolute Gasteiger partial charge is 0.497 e. The van der Waals surface area contributed by atoms with Crippen molar-refractivity contribution in [3.8, 4) is 5.75 Å². The quantitative estimate of drug-likeness (QED) is 0.493. The van der Waals surface area contributed by atoms with E-state index in [4.69, 9.17) is 4.74 Å². The minimum atomic E-state index is -0.152. The fourth-order valence-corrected chi connectivity index (χ4v) is 4.69. The molecule has 5 nitrogen and oxygen atoms in total. The van der Waals surface area contributed by atoms with Gasteiger partial charge in [0.2, 0.25) is 5.91 Å². The zero-order valence-corrected chi connectivity index (χ0v) is 19.2. The van der Waals surface area contributed by atoms with Crippen LogP contribution in [0.1, 0.15) is 67.4 Å². The van der Waals surface area contributed by atoms with Crippen LogP contribution in [0.25, 0.3) is 5.70 Å². The number of carbonyl (C=O) groups is 2. The Labute approximate surface area is 190 Å². The Bertz CT molecular complexity index is 1030. The van der Waals surface area contributed by atoms with Crippen molar-refractivity contribution in [3.05, 3.63) is 65.2 Å². The number of fused-ring (bicyclic) bond motifs is 1. The van der Waals surface area contributed by atoms with Gasteiger partial charge in [-0.05, 0) is 75.1 Å². The molecule has 2 aromatic rings. The molecule has 168 valence electrons. The topological polar surface area (TPSA) is 67.4 Å². The molecule has 5 heteroatoms. The molecule has 1 heterocycles. The highest BCUT2D eigenvalue weighted by Crippen LogP contribution is 2.32. The lowest BCUT2D eigenvalue weighted by atomic mass is 9.85. The van der Waals surface area contributed by atoms with Gasteiger partial charge in [0.25, 0.3) is 0 Å². The van der Waals surface area contributed by atoms with Gasteiger partial charge in [0.15, 0.2) is 5.78 Å². The molecule has 1 aliphatic heterocycles. The molecule has 2 aliphatic rings. The van der Waals surface area contributed by atoms with E-state index in [-0.39, 0.29) is 23.1 Å². The number of hydrogen-bond acceptors (Lipinski definition) is 4. The van der Waals surface area contributed by atoms with E-state index in [1.807, 2.05) is 24.3 Å². The van der Waals surface area contributed by atoms with Gasteiger partial charge in [-0.2, -0.15) is 0 Å². The van der Waals surface area contributed by atoms with Crippen LogP contribution >= 0.6 is 0 Å². The molecule has 4 rings (SSSR count). The van der Waals surface area contributed by atoms with Crippen LogP contribution in [0.15, 0.2) is 48.5 Å². The van der Waals surface area contributed by atoms with Gasteiger partial charge in [-0.3, -0.25) is 9.59 Å². The number of benzene rings is 2. The van der Waals surface area contributed by atoms with Gasteiger partial charge in [-0.25, -0.2) is 0 Å². The van der Waals surface area contributed by atoms with E-state index in [1.165, 1.54) is 12.0 Å². The molecule has 0 radical (unpaired) electrons. The number of hydrogen-bond donors (Lipinski definition) is 2. The third kappa shape index (κ3) is 5.04. The normalized spacial score (nSPS) is 19.0. The number of amides is 1. The van der Waals surface area contributed by atoms with E-state index in [9.17, 15) is 9.59 Å². The molecule has 1 aliphatic carbocycles.